The Balaban J connectivity index is 3.28. The molecule has 1 aromatic carbocycles. The summed E-state index contributed by atoms with van der Waals surface area (Å²) in [4.78, 5) is 11.9. The number of hydrogen-bond donors (Lipinski definition) is 1. The molecule has 1 aromatic rings. The van der Waals surface area contributed by atoms with Crippen molar-refractivity contribution in [2.75, 3.05) is 27.9 Å². The van der Waals surface area contributed by atoms with Gasteiger partial charge >= 0.3 is 0 Å². The molecule has 0 aliphatic heterocycles. The molecule has 0 radical (unpaired) electrons. The van der Waals surface area contributed by atoms with Crippen LogP contribution in [-0.2, 0) is 4.79 Å². The molecule has 6 nitrogen and oxygen atoms in total. The second kappa shape index (κ2) is 8.37. The number of benzene rings is 1. The molecule has 1 rings (SSSR count). The van der Waals surface area contributed by atoms with Crippen LogP contribution >= 0.6 is 0 Å². The Morgan fingerprint density at radius 2 is 1.82 bits per heavy atom. The summed E-state index contributed by atoms with van der Waals surface area (Å²) in [5.41, 5.74) is 0.484. The number of nitrogens with zero attached hydrogens (tertiary/aromatic N) is 1. The Kier molecular flexibility index (Phi) is 6.51. The maximum atomic E-state index is 11.9. The normalized spacial score (nSPS) is 10.4. The molecule has 1 N–H and O–H groups in total. The van der Waals surface area contributed by atoms with Gasteiger partial charge in [0.2, 0.25) is 0 Å². The first kappa shape index (κ1) is 17.1. The van der Waals surface area contributed by atoms with E-state index in [4.69, 9.17) is 19.5 Å². The Morgan fingerprint density at radius 1 is 1.23 bits per heavy atom. The van der Waals surface area contributed by atoms with Crippen molar-refractivity contribution in [2.24, 2.45) is 0 Å². The second-order valence-electron chi connectivity index (χ2n) is 4.12. The molecule has 0 heterocycles. The molecule has 0 saturated heterocycles. The Morgan fingerprint density at radius 3 is 2.32 bits per heavy atom. The number of methoxy groups -OCH3 is 3. The Bertz CT molecular complexity index is 630. The minimum atomic E-state index is -0.487. The lowest BCUT2D eigenvalue weighted by Crippen LogP contribution is -2.24. The van der Waals surface area contributed by atoms with E-state index < -0.39 is 5.91 Å². The lowest BCUT2D eigenvalue weighted by atomic mass is 10.1. The van der Waals surface area contributed by atoms with Gasteiger partial charge in [-0.05, 0) is 12.1 Å². The summed E-state index contributed by atoms with van der Waals surface area (Å²) in [6.07, 6.45) is 2.96. The van der Waals surface area contributed by atoms with Gasteiger partial charge in [0.15, 0.2) is 11.5 Å². The average Bonchev–Trinajstić information content (AvgIpc) is 2.56. The number of ether oxygens (including phenoxy) is 3. The molecule has 0 fully saturated rings. The highest BCUT2D eigenvalue weighted by Gasteiger charge is 2.14. The molecule has 0 unspecified atom stereocenters. The van der Waals surface area contributed by atoms with Crippen LogP contribution in [0.3, 0.4) is 0 Å². The summed E-state index contributed by atoms with van der Waals surface area (Å²) in [6, 6.07) is 5.12. The fraction of sp³-hybridized carbons (Fsp3) is 0.250. The molecular formula is C16H18N2O4. The molecule has 0 aromatic heterocycles. The van der Waals surface area contributed by atoms with E-state index in [1.807, 2.05) is 6.07 Å². The molecule has 0 spiro atoms. The van der Waals surface area contributed by atoms with Crippen LogP contribution in [0.2, 0.25) is 0 Å². The molecule has 6 heteroatoms. The van der Waals surface area contributed by atoms with Gasteiger partial charge in [-0.3, -0.25) is 4.79 Å². The first-order chi connectivity index (χ1) is 10.6. The van der Waals surface area contributed by atoms with E-state index in [0.717, 1.165) is 0 Å². The maximum Gasteiger partial charge on any atom is 0.262 e. The Hall–Kier alpha value is -2.94. The third kappa shape index (κ3) is 4.03. The summed E-state index contributed by atoms with van der Waals surface area (Å²) < 4.78 is 15.7. The minimum Gasteiger partial charge on any atom is -0.496 e. The Labute approximate surface area is 129 Å². The fourth-order valence-corrected chi connectivity index (χ4v) is 1.73. The van der Waals surface area contributed by atoms with Crippen molar-refractivity contribution in [3.63, 3.8) is 0 Å². The highest BCUT2D eigenvalue weighted by atomic mass is 16.5. The van der Waals surface area contributed by atoms with Crippen LogP contribution in [0.1, 0.15) is 5.56 Å². The van der Waals surface area contributed by atoms with Gasteiger partial charge in [-0.25, -0.2) is 0 Å². The second-order valence-corrected chi connectivity index (χ2v) is 4.12. The van der Waals surface area contributed by atoms with E-state index in [-0.39, 0.29) is 12.1 Å². The number of nitrogens with one attached hydrogen (secondary N) is 1. The fourth-order valence-electron chi connectivity index (χ4n) is 1.73. The van der Waals surface area contributed by atoms with Gasteiger partial charge < -0.3 is 19.5 Å². The lowest BCUT2D eigenvalue weighted by molar-refractivity contribution is -0.116. The summed E-state index contributed by atoms with van der Waals surface area (Å²) in [5, 5.41) is 11.7. The largest absolute Gasteiger partial charge is 0.496 e. The molecule has 22 heavy (non-hydrogen) atoms. The summed E-state index contributed by atoms with van der Waals surface area (Å²) in [5.74, 6) is 0.936. The summed E-state index contributed by atoms with van der Waals surface area (Å²) in [6.45, 7) is 3.78. The van der Waals surface area contributed by atoms with Gasteiger partial charge in [-0.15, -0.1) is 6.58 Å². The van der Waals surface area contributed by atoms with Crippen LogP contribution in [0.4, 0.5) is 0 Å². The van der Waals surface area contributed by atoms with Gasteiger partial charge in [-0.2, -0.15) is 5.26 Å². The number of amides is 1. The van der Waals surface area contributed by atoms with Crippen LogP contribution in [0.25, 0.3) is 6.08 Å². The summed E-state index contributed by atoms with van der Waals surface area (Å²) >= 11 is 0. The molecule has 0 bridgehead atoms. The molecule has 116 valence electrons. The first-order valence-corrected chi connectivity index (χ1v) is 6.42. The van der Waals surface area contributed by atoms with Crippen molar-refractivity contribution in [2.45, 2.75) is 0 Å². The predicted molar refractivity (Wildman–Crippen MR) is 82.9 cm³/mol. The van der Waals surface area contributed by atoms with Gasteiger partial charge in [0, 0.05) is 18.2 Å². The minimum absolute atomic E-state index is 0.0487. The topological polar surface area (TPSA) is 80.6 Å². The van der Waals surface area contributed by atoms with Crippen LogP contribution in [0.5, 0.6) is 17.2 Å². The number of rotatable bonds is 7. The number of nitriles is 1. The van der Waals surface area contributed by atoms with Gasteiger partial charge in [0.25, 0.3) is 5.91 Å². The lowest BCUT2D eigenvalue weighted by Gasteiger charge is -2.12. The standard InChI is InChI=1S/C16H18N2O4/c1-5-6-18-16(19)12(10-17)7-11-8-14(21-3)15(22-4)9-13(11)20-2/h5,7-9H,1,6H2,2-4H3,(H,18,19)/b12-7+. The van der Waals surface area contributed by atoms with Crippen LogP contribution in [0.15, 0.2) is 30.4 Å². The van der Waals surface area contributed by atoms with E-state index >= 15 is 0 Å². The third-order valence-corrected chi connectivity index (χ3v) is 2.81. The van der Waals surface area contributed by atoms with E-state index in [9.17, 15) is 4.79 Å². The highest BCUT2D eigenvalue weighted by molar-refractivity contribution is 6.02. The van der Waals surface area contributed by atoms with Crippen LogP contribution in [-0.4, -0.2) is 33.8 Å². The maximum absolute atomic E-state index is 11.9. The molecule has 0 aliphatic carbocycles. The quantitative estimate of drug-likeness (QED) is 0.473. The van der Waals surface area contributed by atoms with E-state index in [2.05, 4.69) is 11.9 Å². The van der Waals surface area contributed by atoms with E-state index in [1.54, 1.807) is 12.1 Å². The van der Waals surface area contributed by atoms with Crippen molar-refractivity contribution in [3.8, 4) is 23.3 Å². The zero-order valence-electron chi connectivity index (χ0n) is 12.8. The highest BCUT2D eigenvalue weighted by Crippen LogP contribution is 2.35. The number of hydrogen-bond acceptors (Lipinski definition) is 5. The van der Waals surface area contributed by atoms with Gasteiger partial charge in [0.1, 0.15) is 17.4 Å². The number of carbonyl (C=O) groups excluding carboxylic acids is 1. The molecular weight excluding hydrogens is 284 g/mol. The van der Waals surface area contributed by atoms with Gasteiger partial charge in [-0.1, -0.05) is 6.08 Å². The first-order valence-electron chi connectivity index (χ1n) is 6.42. The molecule has 0 saturated carbocycles. The molecule has 0 aliphatic rings. The third-order valence-electron chi connectivity index (χ3n) is 2.81. The summed E-state index contributed by atoms with van der Waals surface area (Å²) in [7, 11) is 4.50. The zero-order valence-corrected chi connectivity index (χ0v) is 12.8. The van der Waals surface area contributed by atoms with Crippen molar-refractivity contribution >= 4 is 12.0 Å². The van der Waals surface area contributed by atoms with Crippen LogP contribution in [0, 0.1) is 11.3 Å². The zero-order chi connectivity index (χ0) is 16.5. The van der Waals surface area contributed by atoms with Crippen molar-refractivity contribution < 1.29 is 19.0 Å². The van der Waals surface area contributed by atoms with Crippen LogP contribution < -0.4 is 19.5 Å². The molecule has 0 atom stereocenters. The number of carbonyl (C=O) groups is 1. The van der Waals surface area contributed by atoms with Crippen molar-refractivity contribution in [3.05, 3.63) is 35.9 Å². The predicted octanol–water partition coefficient (Wildman–Crippen LogP) is 1.92. The average molecular weight is 302 g/mol. The van der Waals surface area contributed by atoms with Crippen molar-refractivity contribution in [1.82, 2.24) is 5.32 Å². The molecule has 1 amide bonds. The van der Waals surface area contributed by atoms with E-state index in [1.165, 1.54) is 33.5 Å². The smallest absolute Gasteiger partial charge is 0.262 e. The SMILES string of the molecule is C=CCNC(=O)/C(C#N)=C/c1cc(OC)c(OC)cc1OC. The van der Waals surface area contributed by atoms with Gasteiger partial charge in [0.05, 0.1) is 21.3 Å². The van der Waals surface area contributed by atoms with Crippen molar-refractivity contribution in [1.29, 1.82) is 5.26 Å². The van der Waals surface area contributed by atoms with E-state index in [0.29, 0.717) is 22.8 Å². The monoisotopic (exact) mass is 302 g/mol.